The zero-order valence-corrected chi connectivity index (χ0v) is 16.5. The third-order valence-corrected chi connectivity index (χ3v) is 4.41. The van der Waals surface area contributed by atoms with Gasteiger partial charge in [-0.3, -0.25) is 10.2 Å². The molecular formula is C19H16F2N10O. The average Bonchev–Trinajstić information content (AvgIpc) is 2.72. The summed E-state index contributed by atoms with van der Waals surface area (Å²) in [7, 11) is 0. The molecule has 13 heteroatoms. The second-order valence-electron chi connectivity index (χ2n) is 6.44. The molecule has 3 rings (SSSR count). The number of benzene rings is 1. The van der Waals surface area contributed by atoms with Crippen LogP contribution >= 0.6 is 0 Å². The van der Waals surface area contributed by atoms with Crippen molar-refractivity contribution in [1.82, 2.24) is 19.5 Å². The van der Waals surface area contributed by atoms with Crippen molar-refractivity contribution in [2.45, 2.75) is 19.4 Å². The summed E-state index contributed by atoms with van der Waals surface area (Å²) in [4.78, 5) is 25.1. The predicted octanol–water partition coefficient (Wildman–Crippen LogP) is 1.08. The van der Waals surface area contributed by atoms with Crippen LogP contribution in [0.15, 0.2) is 23.0 Å². The van der Waals surface area contributed by atoms with Crippen molar-refractivity contribution >= 4 is 34.3 Å². The van der Waals surface area contributed by atoms with Crippen molar-refractivity contribution in [3.63, 3.8) is 0 Å². The summed E-state index contributed by atoms with van der Waals surface area (Å²) < 4.78 is 27.8. The maximum Gasteiger partial charge on any atom is 0.268 e. The van der Waals surface area contributed by atoms with E-state index in [1.165, 1.54) is 12.1 Å². The number of aromatic nitrogens is 4. The van der Waals surface area contributed by atoms with E-state index in [1.54, 1.807) is 6.92 Å². The normalized spacial score (nSPS) is 11.5. The highest BCUT2D eigenvalue weighted by molar-refractivity contribution is 5.99. The number of anilines is 3. The van der Waals surface area contributed by atoms with Crippen LogP contribution in [-0.4, -0.2) is 25.4 Å². The number of nitrogens with zero attached hydrogens (tertiary/aromatic N) is 5. The summed E-state index contributed by atoms with van der Waals surface area (Å²) in [5.74, 6) is 1.16. The first kappa shape index (κ1) is 21.9. The van der Waals surface area contributed by atoms with E-state index in [1.807, 2.05) is 12.1 Å². The number of fused-ring (bicyclic) bond motifs is 1. The second kappa shape index (κ2) is 8.53. The lowest BCUT2D eigenvalue weighted by atomic mass is 10.1. The number of nitrogens with one attached hydrogen (secondary N) is 2. The Morgan fingerprint density at radius 2 is 2.00 bits per heavy atom. The van der Waals surface area contributed by atoms with E-state index < -0.39 is 29.4 Å². The molecule has 0 aliphatic rings. The van der Waals surface area contributed by atoms with Gasteiger partial charge in [-0.2, -0.15) is 15.2 Å². The van der Waals surface area contributed by atoms with Crippen LogP contribution < -0.4 is 28.1 Å². The Morgan fingerprint density at radius 1 is 1.28 bits per heavy atom. The number of nitrogen functional groups attached to an aromatic ring is 2. The maximum absolute atomic E-state index is 13.5. The quantitative estimate of drug-likeness (QED) is 0.171. The molecule has 0 unspecified atom stereocenters. The average molecular weight is 438 g/mol. The first-order valence-electron chi connectivity index (χ1n) is 8.93. The molecule has 1 aromatic carbocycles. The Labute approximate surface area is 179 Å². The van der Waals surface area contributed by atoms with Crippen LogP contribution in [0.2, 0.25) is 0 Å². The van der Waals surface area contributed by atoms with Gasteiger partial charge in [-0.15, -0.1) is 0 Å². The fourth-order valence-electron chi connectivity index (χ4n) is 3.07. The Morgan fingerprint density at radius 3 is 2.62 bits per heavy atom. The summed E-state index contributed by atoms with van der Waals surface area (Å²) in [5.41, 5.74) is 14.9. The third kappa shape index (κ3) is 3.82. The fraction of sp³-hybridized carbons (Fsp3) is 0.158. The van der Waals surface area contributed by atoms with Gasteiger partial charge in [0.1, 0.15) is 23.3 Å². The molecule has 2 aromatic heterocycles. The molecule has 0 bridgehead atoms. The lowest BCUT2D eigenvalue weighted by Gasteiger charge is -2.20. The molecule has 11 nitrogen and oxygen atoms in total. The Bertz CT molecular complexity index is 1400. The smallest absolute Gasteiger partial charge is 0.268 e. The van der Waals surface area contributed by atoms with Crippen molar-refractivity contribution in [2.75, 3.05) is 16.8 Å². The number of alkyl halides is 2. The summed E-state index contributed by atoms with van der Waals surface area (Å²) >= 11 is 0. The van der Waals surface area contributed by atoms with Crippen LogP contribution in [0.25, 0.3) is 10.9 Å². The maximum atomic E-state index is 13.5. The monoisotopic (exact) mass is 438 g/mol. The highest BCUT2D eigenvalue weighted by Crippen LogP contribution is 2.27. The summed E-state index contributed by atoms with van der Waals surface area (Å²) in [6.45, 7) is 1.54. The second-order valence-corrected chi connectivity index (χ2v) is 6.44. The standard InChI is InChI=1S/C19H16F2N10O/c1-8(27-16-10(7-23)15(25)29-19(26)30-16)17-28-11-4-2-3-9(14(20)21)13(11)18(32)31(17)12(24)5-6-22/h2-4,8,14,24H,22H2,1H3,(H5,25,26,27,29,30)/t8-/m1/s1. The van der Waals surface area contributed by atoms with E-state index in [4.69, 9.17) is 22.6 Å². The molecule has 3 aromatic rings. The first-order chi connectivity index (χ1) is 15.2. The first-order valence-corrected chi connectivity index (χ1v) is 8.93. The summed E-state index contributed by atoms with van der Waals surface area (Å²) in [6.07, 6.45) is -2.94. The molecule has 32 heavy (non-hydrogen) atoms. The molecule has 2 heterocycles. The Hall–Kier alpha value is -4.78. The van der Waals surface area contributed by atoms with Crippen LogP contribution in [0.1, 0.15) is 36.3 Å². The lowest BCUT2D eigenvalue weighted by Crippen LogP contribution is -2.33. The zero-order valence-electron chi connectivity index (χ0n) is 16.5. The third-order valence-electron chi connectivity index (χ3n) is 4.41. The number of hydrogen-bond acceptors (Lipinski definition) is 10. The lowest BCUT2D eigenvalue weighted by molar-refractivity contribution is 0.153. The molecule has 162 valence electrons. The van der Waals surface area contributed by atoms with Gasteiger partial charge in [0.25, 0.3) is 12.0 Å². The highest BCUT2D eigenvalue weighted by atomic mass is 19.3. The van der Waals surface area contributed by atoms with E-state index in [0.29, 0.717) is 0 Å². The fourth-order valence-corrected chi connectivity index (χ4v) is 3.07. The molecule has 0 amide bonds. The van der Waals surface area contributed by atoms with Gasteiger partial charge in [-0.1, -0.05) is 12.1 Å². The number of nitriles is 1. The van der Waals surface area contributed by atoms with Gasteiger partial charge in [0.15, 0.2) is 11.7 Å². The van der Waals surface area contributed by atoms with Crippen molar-refractivity contribution < 1.29 is 8.78 Å². The largest absolute Gasteiger partial charge is 0.382 e. The minimum atomic E-state index is -2.94. The molecule has 8 N–H and O–H groups in total. The van der Waals surface area contributed by atoms with Crippen molar-refractivity contribution in [2.24, 2.45) is 5.73 Å². The number of rotatable bonds is 4. The number of hydrogen-bond donors (Lipinski definition) is 5. The molecule has 0 fully saturated rings. The molecule has 0 aliphatic carbocycles. The molecule has 0 spiro atoms. The van der Waals surface area contributed by atoms with Crippen LogP contribution in [-0.2, 0) is 0 Å². The van der Waals surface area contributed by atoms with E-state index in [-0.39, 0.29) is 39.9 Å². The van der Waals surface area contributed by atoms with E-state index >= 15 is 0 Å². The van der Waals surface area contributed by atoms with E-state index in [9.17, 15) is 18.8 Å². The van der Waals surface area contributed by atoms with Gasteiger partial charge < -0.3 is 22.5 Å². The van der Waals surface area contributed by atoms with Gasteiger partial charge in [0.2, 0.25) is 5.95 Å². The SMILES string of the molecule is C[C@@H](Nc1nc(N)nc(N)c1C#N)c1nc2cccc(C(F)F)c2c(=O)n1C(=N)C#CN. The minimum absolute atomic E-state index is 0.0107. The summed E-state index contributed by atoms with van der Waals surface area (Å²) in [5, 5.41) is 20.0. The predicted molar refractivity (Wildman–Crippen MR) is 114 cm³/mol. The molecule has 0 saturated carbocycles. The van der Waals surface area contributed by atoms with Gasteiger partial charge in [0, 0.05) is 11.6 Å². The zero-order chi connectivity index (χ0) is 23.6. The van der Waals surface area contributed by atoms with Gasteiger partial charge in [-0.25, -0.2) is 18.3 Å². The van der Waals surface area contributed by atoms with Crippen LogP contribution in [0.5, 0.6) is 0 Å². The van der Waals surface area contributed by atoms with Crippen LogP contribution in [0.3, 0.4) is 0 Å². The van der Waals surface area contributed by atoms with Gasteiger partial charge in [-0.05, 0) is 18.9 Å². The Balaban J connectivity index is 2.27. The topological polar surface area (TPSA) is 198 Å². The minimum Gasteiger partial charge on any atom is -0.382 e. The molecule has 0 aliphatic heterocycles. The molecular weight excluding hydrogens is 422 g/mol. The molecule has 0 saturated heterocycles. The van der Waals surface area contributed by atoms with Crippen LogP contribution in [0.4, 0.5) is 26.4 Å². The van der Waals surface area contributed by atoms with Crippen molar-refractivity contribution in [1.29, 1.82) is 10.7 Å². The Kier molecular flexibility index (Phi) is 5.84. The van der Waals surface area contributed by atoms with Crippen molar-refractivity contribution in [3.8, 4) is 18.0 Å². The van der Waals surface area contributed by atoms with E-state index in [2.05, 4.69) is 26.2 Å². The molecule has 0 radical (unpaired) electrons. The van der Waals surface area contributed by atoms with Crippen molar-refractivity contribution in [3.05, 3.63) is 45.5 Å². The number of halogens is 2. The van der Waals surface area contributed by atoms with E-state index in [0.717, 1.165) is 10.6 Å². The van der Waals surface area contributed by atoms with Crippen LogP contribution in [0, 0.1) is 28.7 Å². The summed E-state index contributed by atoms with van der Waals surface area (Å²) in [6, 6.07) is 6.79. The highest BCUT2D eigenvalue weighted by Gasteiger charge is 2.24. The van der Waals surface area contributed by atoms with Gasteiger partial charge >= 0.3 is 0 Å². The van der Waals surface area contributed by atoms with Gasteiger partial charge in [0.05, 0.1) is 16.9 Å². The molecule has 1 atom stereocenters. The number of nitrogens with two attached hydrogens (primary N) is 3.